The molecular formula is C35H39N5O3. The number of benzene rings is 2. The fourth-order valence-electron chi connectivity index (χ4n) is 6.85. The van der Waals surface area contributed by atoms with Gasteiger partial charge in [-0.25, -0.2) is 9.97 Å². The summed E-state index contributed by atoms with van der Waals surface area (Å²) in [5, 5.41) is 0.912. The number of nitrogens with two attached hydrogens (primary N) is 1. The van der Waals surface area contributed by atoms with Crippen molar-refractivity contribution in [1.29, 1.82) is 0 Å². The Morgan fingerprint density at radius 3 is 2.58 bits per heavy atom. The Balaban J connectivity index is 1.15. The summed E-state index contributed by atoms with van der Waals surface area (Å²) in [6.45, 7) is 2.36. The van der Waals surface area contributed by atoms with E-state index < -0.39 is 0 Å². The molecule has 1 aliphatic heterocycles. The van der Waals surface area contributed by atoms with Crippen molar-refractivity contribution in [2.75, 3.05) is 32.5 Å². The van der Waals surface area contributed by atoms with Gasteiger partial charge in [0.2, 0.25) is 0 Å². The number of aromatic nitrogens is 3. The van der Waals surface area contributed by atoms with Crippen LogP contribution in [0.4, 0.5) is 5.82 Å². The number of allylic oxidation sites excluding steroid dienone is 1. The number of ether oxygens (including phenoxy) is 2. The first-order valence-electron chi connectivity index (χ1n) is 15.5. The van der Waals surface area contributed by atoms with Crippen molar-refractivity contribution in [2.24, 2.45) is 5.92 Å². The van der Waals surface area contributed by atoms with Gasteiger partial charge in [-0.05, 0) is 87.4 Å². The van der Waals surface area contributed by atoms with Gasteiger partial charge in [-0.3, -0.25) is 9.69 Å². The zero-order chi connectivity index (χ0) is 29.3. The molecule has 3 aliphatic rings. The highest BCUT2D eigenvalue weighted by molar-refractivity contribution is 6.03. The minimum absolute atomic E-state index is 0.0166. The Labute approximate surface area is 252 Å². The van der Waals surface area contributed by atoms with Gasteiger partial charge >= 0.3 is 0 Å². The second-order valence-corrected chi connectivity index (χ2v) is 12.2. The molecule has 7 rings (SSSR count). The molecule has 2 aromatic carbocycles. The van der Waals surface area contributed by atoms with E-state index in [-0.39, 0.29) is 17.7 Å². The Morgan fingerprint density at radius 1 is 1.05 bits per heavy atom. The number of fused-ring (bicyclic) bond motifs is 1. The van der Waals surface area contributed by atoms with E-state index in [0.717, 1.165) is 91.9 Å². The van der Waals surface area contributed by atoms with Crippen LogP contribution in [0.3, 0.4) is 0 Å². The lowest BCUT2D eigenvalue weighted by molar-refractivity contribution is -0.118. The van der Waals surface area contributed by atoms with Gasteiger partial charge in [0.05, 0.1) is 12.0 Å². The minimum Gasteiger partial charge on any atom is -0.457 e. The van der Waals surface area contributed by atoms with Gasteiger partial charge in [0.15, 0.2) is 5.78 Å². The minimum atomic E-state index is 0.0166. The molecule has 3 fully saturated rings. The largest absolute Gasteiger partial charge is 0.457 e. The summed E-state index contributed by atoms with van der Waals surface area (Å²) in [5.74, 6) is 2.78. The van der Waals surface area contributed by atoms with Gasteiger partial charge in [0, 0.05) is 42.4 Å². The third kappa shape index (κ3) is 5.69. The average Bonchev–Trinajstić information content (AvgIpc) is 3.39. The summed E-state index contributed by atoms with van der Waals surface area (Å²) in [5.41, 5.74) is 10.9. The molecule has 8 heteroatoms. The third-order valence-electron chi connectivity index (χ3n) is 9.31. The van der Waals surface area contributed by atoms with Crippen molar-refractivity contribution in [2.45, 2.75) is 56.5 Å². The molecule has 0 radical (unpaired) electrons. The van der Waals surface area contributed by atoms with E-state index in [1.807, 2.05) is 48.5 Å². The first-order chi connectivity index (χ1) is 21.1. The van der Waals surface area contributed by atoms with E-state index >= 15 is 0 Å². The number of nitrogen functional groups attached to an aromatic ring is 1. The molecule has 2 N–H and O–H groups in total. The van der Waals surface area contributed by atoms with Crippen molar-refractivity contribution in [3.05, 3.63) is 78.8 Å². The summed E-state index contributed by atoms with van der Waals surface area (Å²) >= 11 is 0. The molecule has 2 saturated carbocycles. The van der Waals surface area contributed by atoms with Gasteiger partial charge in [0.25, 0.3) is 0 Å². The van der Waals surface area contributed by atoms with Crippen molar-refractivity contribution in [3.8, 4) is 22.6 Å². The number of carbonyl (C=O) groups excluding carboxylic acids is 1. The van der Waals surface area contributed by atoms with Crippen molar-refractivity contribution >= 4 is 22.6 Å². The molecule has 2 aliphatic carbocycles. The van der Waals surface area contributed by atoms with Crippen LogP contribution >= 0.6 is 0 Å². The Bertz CT molecular complexity index is 1620. The molecule has 1 saturated heterocycles. The number of hydrogen-bond acceptors (Lipinski definition) is 7. The Morgan fingerprint density at radius 2 is 1.84 bits per heavy atom. The lowest BCUT2D eigenvalue weighted by Gasteiger charge is -2.20. The molecule has 8 nitrogen and oxygen atoms in total. The zero-order valence-electron chi connectivity index (χ0n) is 24.7. The van der Waals surface area contributed by atoms with Crippen LogP contribution in [-0.4, -0.2) is 58.1 Å². The smallest absolute Gasteiger partial charge is 0.158 e. The van der Waals surface area contributed by atoms with Gasteiger partial charge in [0.1, 0.15) is 29.3 Å². The van der Waals surface area contributed by atoms with Gasteiger partial charge < -0.3 is 19.8 Å². The van der Waals surface area contributed by atoms with E-state index in [1.165, 1.54) is 5.69 Å². The van der Waals surface area contributed by atoms with E-state index in [0.29, 0.717) is 17.8 Å². The number of nitrogens with zero attached hydrogens (tertiary/aromatic N) is 4. The van der Waals surface area contributed by atoms with Crippen LogP contribution in [0, 0.1) is 5.92 Å². The second kappa shape index (κ2) is 11.9. The molecule has 43 heavy (non-hydrogen) atoms. The molecule has 0 spiro atoms. The summed E-state index contributed by atoms with van der Waals surface area (Å²) in [6.07, 6.45) is 11.4. The SMILES string of the molecule is CN(CC=CC(=O)C1CC[C@@H](n2c(C3CC3)c(-c3ccc(Oc4ccccc4)cc3)c3c(N)ncnc32)C1)[C@H]1CCOC1. The lowest BCUT2D eigenvalue weighted by atomic mass is 10.00. The van der Waals surface area contributed by atoms with Crippen molar-refractivity contribution in [3.63, 3.8) is 0 Å². The molecule has 222 valence electrons. The number of carbonyl (C=O) groups is 1. The quantitative estimate of drug-likeness (QED) is 0.214. The Kier molecular flexibility index (Phi) is 7.72. The predicted octanol–water partition coefficient (Wildman–Crippen LogP) is 6.54. The maximum atomic E-state index is 13.3. The summed E-state index contributed by atoms with van der Waals surface area (Å²) in [4.78, 5) is 24.7. The molecule has 2 aromatic heterocycles. The van der Waals surface area contributed by atoms with Crippen LogP contribution in [0.5, 0.6) is 11.5 Å². The average molecular weight is 578 g/mol. The monoisotopic (exact) mass is 577 g/mol. The molecule has 3 heterocycles. The number of ketones is 1. The van der Waals surface area contributed by atoms with Crippen LogP contribution in [0.1, 0.15) is 56.2 Å². The molecular weight excluding hydrogens is 538 g/mol. The predicted molar refractivity (Wildman–Crippen MR) is 168 cm³/mol. The van der Waals surface area contributed by atoms with E-state index in [9.17, 15) is 4.79 Å². The lowest BCUT2D eigenvalue weighted by Crippen LogP contribution is -2.32. The number of rotatable bonds is 10. The van der Waals surface area contributed by atoms with E-state index in [4.69, 9.17) is 20.2 Å². The maximum absolute atomic E-state index is 13.3. The van der Waals surface area contributed by atoms with Gasteiger partial charge in [-0.1, -0.05) is 36.4 Å². The normalized spacial score (nSPS) is 22.2. The van der Waals surface area contributed by atoms with Gasteiger partial charge in [-0.15, -0.1) is 0 Å². The third-order valence-corrected chi connectivity index (χ3v) is 9.31. The van der Waals surface area contributed by atoms with Crippen LogP contribution in [0.25, 0.3) is 22.2 Å². The van der Waals surface area contributed by atoms with Crippen LogP contribution in [-0.2, 0) is 9.53 Å². The molecule has 0 bridgehead atoms. The highest BCUT2D eigenvalue weighted by Gasteiger charge is 2.38. The number of anilines is 1. The van der Waals surface area contributed by atoms with E-state index in [2.05, 4.69) is 33.6 Å². The zero-order valence-corrected chi connectivity index (χ0v) is 24.7. The first kappa shape index (κ1) is 27.8. The summed E-state index contributed by atoms with van der Waals surface area (Å²) in [7, 11) is 2.10. The highest BCUT2D eigenvalue weighted by Crippen LogP contribution is 2.52. The fraction of sp³-hybridized carbons (Fsp3) is 0.400. The van der Waals surface area contributed by atoms with Crippen LogP contribution in [0.15, 0.2) is 73.1 Å². The number of para-hydroxylation sites is 1. The second-order valence-electron chi connectivity index (χ2n) is 12.2. The molecule has 0 amide bonds. The van der Waals surface area contributed by atoms with Gasteiger partial charge in [-0.2, -0.15) is 0 Å². The maximum Gasteiger partial charge on any atom is 0.158 e. The summed E-state index contributed by atoms with van der Waals surface area (Å²) in [6, 6.07) is 18.7. The number of likely N-dealkylation sites (N-methyl/N-ethyl adjacent to an activating group) is 1. The fourth-order valence-corrected chi connectivity index (χ4v) is 6.85. The topological polar surface area (TPSA) is 95.5 Å². The number of hydrogen-bond donors (Lipinski definition) is 1. The van der Waals surface area contributed by atoms with Crippen molar-refractivity contribution in [1.82, 2.24) is 19.4 Å². The van der Waals surface area contributed by atoms with Crippen LogP contribution < -0.4 is 10.5 Å². The molecule has 3 atom stereocenters. The summed E-state index contributed by atoms with van der Waals surface area (Å²) < 4.78 is 14.0. The molecule has 4 aromatic rings. The highest BCUT2D eigenvalue weighted by atomic mass is 16.5. The van der Waals surface area contributed by atoms with Crippen molar-refractivity contribution < 1.29 is 14.3 Å². The first-order valence-corrected chi connectivity index (χ1v) is 15.5. The standard InChI is InChI=1S/C35H39N5O3/c1-39(27-17-19-42-21-27)18-5-8-30(41)25-11-14-26(20-25)40-33(24-9-10-24)31(32-34(36)37-22-38-35(32)40)23-12-15-29(16-13-23)43-28-6-3-2-4-7-28/h2-8,12-13,15-16,22,24-27H,9-11,14,17-21H2,1H3,(H2,36,37,38)/t25?,26-,27+/m1/s1. The Hall–Kier alpha value is -4.01. The molecule has 1 unspecified atom stereocenters. The van der Waals surface area contributed by atoms with E-state index in [1.54, 1.807) is 12.4 Å². The van der Waals surface area contributed by atoms with Crippen LogP contribution in [0.2, 0.25) is 0 Å².